The van der Waals surface area contributed by atoms with Crippen LogP contribution in [0.25, 0.3) is 5.70 Å². The number of carboxylic acids is 1. The molecule has 0 saturated carbocycles. The zero-order chi connectivity index (χ0) is 15.8. The molecule has 0 unspecified atom stereocenters. The highest BCUT2D eigenvalue weighted by molar-refractivity contribution is 7.91. The number of carbonyl (C=O) groups is 1. The van der Waals surface area contributed by atoms with Crippen LogP contribution in [0.2, 0.25) is 0 Å². The first-order valence-corrected chi connectivity index (χ1v) is 8.13. The Morgan fingerprint density at radius 1 is 1.43 bits per heavy atom. The minimum atomic E-state index is -3.46. The van der Waals surface area contributed by atoms with E-state index in [1.807, 2.05) is 0 Å². The number of sulfone groups is 1. The molecule has 6 nitrogen and oxygen atoms in total. The van der Waals surface area contributed by atoms with E-state index in [1.54, 1.807) is 20.8 Å². The van der Waals surface area contributed by atoms with Crippen LogP contribution in [0.15, 0.2) is 17.0 Å². The fourth-order valence-electron chi connectivity index (χ4n) is 2.46. The van der Waals surface area contributed by atoms with Crippen LogP contribution in [0.3, 0.4) is 0 Å². The molecule has 1 aromatic carbocycles. The highest BCUT2D eigenvalue weighted by Crippen LogP contribution is 2.35. The molecule has 2 N–H and O–H groups in total. The molecule has 2 rings (SSSR count). The SMILES string of the molecule is CCONC1=CCS(=O)(=O)c2c(C)cc(C(=O)O)c(C)c21. The van der Waals surface area contributed by atoms with Gasteiger partial charge in [-0.05, 0) is 44.0 Å². The van der Waals surface area contributed by atoms with E-state index in [2.05, 4.69) is 5.48 Å². The number of nitrogens with one attached hydrogen (secondary N) is 1. The molecule has 0 spiro atoms. The van der Waals surface area contributed by atoms with E-state index in [4.69, 9.17) is 4.84 Å². The number of aryl methyl sites for hydroxylation is 1. The first-order chi connectivity index (χ1) is 9.79. The number of fused-ring (bicyclic) bond motifs is 1. The predicted molar refractivity (Wildman–Crippen MR) is 77.7 cm³/mol. The van der Waals surface area contributed by atoms with E-state index in [0.29, 0.717) is 29.0 Å². The maximum Gasteiger partial charge on any atom is 0.335 e. The highest BCUT2D eigenvalue weighted by Gasteiger charge is 2.30. The molecule has 1 heterocycles. The van der Waals surface area contributed by atoms with Gasteiger partial charge in [-0.15, -0.1) is 0 Å². The number of hydroxylamine groups is 1. The van der Waals surface area contributed by atoms with Crippen molar-refractivity contribution in [2.75, 3.05) is 12.4 Å². The summed E-state index contributed by atoms with van der Waals surface area (Å²) in [5, 5.41) is 9.26. The molecule has 0 saturated heterocycles. The molecule has 0 amide bonds. The van der Waals surface area contributed by atoms with Crippen molar-refractivity contribution >= 4 is 21.5 Å². The number of benzene rings is 1. The van der Waals surface area contributed by atoms with Crippen LogP contribution in [0.1, 0.15) is 34.0 Å². The van der Waals surface area contributed by atoms with Crippen LogP contribution < -0.4 is 5.48 Å². The lowest BCUT2D eigenvalue weighted by molar-refractivity contribution is 0.0695. The summed E-state index contributed by atoms with van der Waals surface area (Å²) in [7, 11) is -3.46. The Morgan fingerprint density at radius 3 is 2.67 bits per heavy atom. The Bertz CT molecular complexity index is 734. The summed E-state index contributed by atoms with van der Waals surface area (Å²) < 4.78 is 24.6. The van der Waals surface area contributed by atoms with Crippen LogP contribution >= 0.6 is 0 Å². The largest absolute Gasteiger partial charge is 0.478 e. The monoisotopic (exact) mass is 311 g/mol. The molecule has 0 fully saturated rings. The zero-order valence-electron chi connectivity index (χ0n) is 12.1. The Balaban J connectivity index is 2.76. The second-order valence-electron chi connectivity index (χ2n) is 4.81. The van der Waals surface area contributed by atoms with Crippen molar-refractivity contribution in [3.63, 3.8) is 0 Å². The average Bonchev–Trinajstić information content (AvgIpc) is 2.40. The second kappa shape index (κ2) is 5.50. The van der Waals surface area contributed by atoms with E-state index in [9.17, 15) is 18.3 Å². The van der Waals surface area contributed by atoms with E-state index in [0.717, 1.165) is 0 Å². The number of hydrogen-bond acceptors (Lipinski definition) is 5. The Hall–Kier alpha value is -1.86. The molecule has 0 atom stereocenters. The summed E-state index contributed by atoms with van der Waals surface area (Å²) in [6.07, 6.45) is 1.51. The van der Waals surface area contributed by atoms with Crippen molar-refractivity contribution in [3.05, 3.63) is 34.4 Å². The van der Waals surface area contributed by atoms with Gasteiger partial charge in [-0.3, -0.25) is 10.3 Å². The molecule has 0 radical (unpaired) electrons. The van der Waals surface area contributed by atoms with Gasteiger partial charge in [0.15, 0.2) is 9.84 Å². The molecule has 1 aromatic rings. The van der Waals surface area contributed by atoms with E-state index in [1.165, 1.54) is 12.1 Å². The van der Waals surface area contributed by atoms with Crippen molar-refractivity contribution in [2.24, 2.45) is 0 Å². The quantitative estimate of drug-likeness (QED) is 0.822. The highest BCUT2D eigenvalue weighted by atomic mass is 32.2. The zero-order valence-corrected chi connectivity index (χ0v) is 12.9. The fourth-order valence-corrected chi connectivity index (χ4v) is 4.14. The molecule has 21 heavy (non-hydrogen) atoms. The maximum absolute atomic E-state index is 12.3. The Labute approximate surface area is 123 Å². The summed E-state index contributed by atoms with van der Waals surface area (Å²) in [4.78, 5) is 16.6. The van der Waals surface area contributed by atoms with Crippen molar-refractivity contribution in [2.45, 2.75) is 25.7 Å². The molecule has 0 bridgehead atoms. The van der Waals surface area contributed by atoms with Gasteiger partial charge in [-0.2, -0.15) is 0 Å². The van der Waals surface area contributed by atoms with Gasteiger partial charge in [0.05, 0.1) is 28.5 Å². The number of aromatic carboxylic acids is 1. The van der Waals surface area contributed by atoms with Gasteiger partial charge < -0.3 is 5.11 Å². The number of carboxylic acid groups (broad SMARTS) is 1. The predicted octanol–water partition coefficient (Wildman–Crippen LogP) is 1.67. The molecule has 1 aliphatic rings. The number of rotatable bonds is 4. The van der Waals surface area contributed by atoms with Crippen molar-refractivity contribution in [3.8, 4) is 0 Å². The molecular formula is C14H17NO5S. The Kier molecular flexibility index (Phi) is 4.06. The topological polar surface area (TPSA) is 92.7 Å². The van der Waals surface area contributed by atoms with Gasteiger partial charge in [0.25, 0.3) is 0 Å². The maximum atomic E-state index is 12.3. The van der Waals surface area contributed by atoms with Crippen LogP contribution in [-0.2, 0) is 14.7 Å². The van der Waals surface area contributed by atoms with Gasteiger partial charge in [-0.1, -0.05) is 0 Å². The van der Waals surface area contributed by atoms with Gasteiger partial charge in [0.1, 0.15) is 0 Å². The van der Waals surface area contributed by atoms with Crippen LogP contribution in [0, 0.1) is 13.8 Å². The lowest BCUT2D eigenvalue weighted by Crippen LogP contribution is -2.24. The molecular weight excluding hydrogens is 294 g/mol. The van der Waals surface area contributed by atoms with Gasteiger partial charge in [0, 0.05) is 5.56 Å². The second-order valence-corrected chi connectivity index (χ2v) is 6.78. The third kappa shape index (κ3) is 2.66. The normalized spacial score (nSPS) is 16.0. The van der Waals surface area contributed by atoms with Crippen molar-refractivity contribution in [1.82, 2.24) is 5.48 Å². The van der Waals surface area contributed by atoms with Crippen molar-refractivity contribution in [1.29, 1.82) is 0 Å². The lowest BCUT2D eigenvalue weighted by atomic mass is 9.96. The summed E-state index contributed by atoms with van der Waals surface area (Å²) in [6, 6.07) is 1.40. The van der Waals surface area contributed by atoms with Gasteiger partial charge in [-0.25, -0.2) is 13.2 Å². The minimum absolute atomic E-state index is 0.0903. The van der Waals surface area contributed by atoms with E-state index >= 15 is 0 Å². The standard InChI is InChI=1S/C14H17NO5S/c1-4-20-15-11-5-6-21(18,19)13-8(2)7-10(14(16)17)9(3)12(11)13/h5,7,15H,4,6H2,1-3H3,(H,16,17). The smallest absolute Gasteiger partial charge is 0.335 e. The minimum Gasteiger partial charge on any atom is -0.478 e. The van der Waals surface area contributed by atoms with Crippen LogP contribution in [-0.4, -0.2) is 31.9 Å². The van der Waals surface area contributed by atoms with Crippen LogP contribution in [0.4, 0.5) is 0 Å². The summed E-state index contributed by atoms with van der Waals surface area (Å²) in [5.74, 6) is -1.22. The van der Waals surface area contributed by atoms with E-state index < -0.39 is 15.8 Å². The molecule has 0 aliphatic carbocycles. The van der Waals surface area contributed by atoms with E-state index in [-0.39, 0.29) is 16.2 Å². The molecule has 1 aliphatic heterocycles. The van der Waals surface area contributed by atoms with Crippen LogP contribution in [0.5, 0.6) is 0 Å². The molecule has 114 valence electrons. The fraction of sp³-hybridized carbons (Fsp3) is 0.357. The first-order valence-electron chi connectivity index (χ1n) is 6.48. The van der Waals surface area contributed by atoms with Gasteiger partial charge >= 0.3 is 5.97 Å². The Morgan fingerprint density at radius 2 is 2.10 bits per heavy atom. The van der Waals surface area contributed by atoms with Crippen molar-refractivity contribution < 1.29 is 23.2 Å². The van der Waals surface area contributed by atoms with Gasteiger partial charge in [0.2, 0.25) is 0 Å². The lowest BCUT2D eigenvalue weighted by Gasteiger charge is -2.23. The summed E-state index contributed by atoms with van der Waals surface area (Å²) >= 11 is 0. The summed E-state index contributed by atoms with van der Waals surface area (Å²) in [6.45, 7) is 5.39. The summed E-state index contributed by atoms with van der Waals surface area (Å²) in [5.41, 5.74) is 4.50. The number of hydrogen-bond donors (Lipinski definition) is 2. The molecule has 7 heteroatoms. The third-order valence-corrected chi connectivity index (χ3v) is 5.12. The molecule has 0 aromatic heterocycles. The third-order valence-electron chi connectivity index (χ3n) is 3.37. The first kappa shape index (κ1) is 15.5. The average molecular weight is 311 g/mol.